The van der Waals surface area contributed by atoms with Crippen molar-refractivity contribution in [3.63, 3.8) is 0 Å². The van der Waals surface area contributed by atoms with Crippen LogP contribution in [0.1, 0.15) is 19.8 Å². The molecule has 0 radical (unpaired) electrons. The first-order valence-electron chi connectivity index (χ1n) is 5.04. The number of halogens is 2. The van der Waals surface area contributed by atoms with Crippen LogP contribution >= 0.6 is 0 Å². The van der Waals surface area contributed by atoms with Gasteiger partial charge < -0.3 is 14.8 Å². The van der Waals surface area contributed by atoms with Crippen LogP contribution in [0.4, 0.5) is 8.78 Å². The lowest BCUT2D eigenvalue weighted by Crippen LogP contribution is -2.33. The zero-order valence-corrected chi connectivity index (χ0v) is 8.91. The fraction of sp³-hybridized carbons (Fsp3) is 0.400. The lowest BCUT2D eigenvalue weighted by Gasteiger charge is -2.09. The zero-order chi connectivity index (χ0) is 12.1. The Morgan fingerprint density at radius 2 is 1.94 bits per heavy atom. The second-order valence-corrected chi connectivity index (χ2v) is 3.38. The van der Waals surface area contributed by atoms with E-state index in [0.717, 1.165) is 18.9 Å². The molecule has 0 spiro atoms. The van der Waals surface area contributed by atoms with Crippen molar-refractivity contribution in [3.8, 4) is 5.75 Å². The normalized spacial score (nSPS) is 10.3. The van der Waals surface area contributed by atoms with Crippen LogP contribution in [0.15, 0.2) is 12.1 Å². The quantitative estimate of drug-likeness (QED) is 0.581. The molecule has 0 saturated heterocycles. The van der Waals surface area contributed by atoms with E-state index in [1.54, 1.807) is 0 Å². The van der Waals surface area contributed by atoms with Gasteiger partial charge in [-0.05, 0) is 12.5 Å². The van der Waals surface area contributed by atoms with Crippen LogP contribution in [0.5, 0.6) is 5.75 Å². The summed E-state index contributed by atoms with van der Waals surface area (Å²) < 4.78 is 31.3. The van der Waals surface area contributed by atoms with Crippen molar-refractivity contribution < 1.29 is 23.6 Å². The zero-order valence-electron chi connectivity index (χ0n) is 8.91. The molecule has 88 valence electrons. The summed E-state index contributed by atoms with van der Waals surface area (Å²) in [5.41, 5.74) is -0.395. The maximum atomic E-state index is 13.2. The Labute approximate surface area is 92.8 Å². The van der Waals surface area contributed by atoms with Gasteiger partial charge in [-0.15, -0.1) is 0 Å². The van der Waals surface area contributed by atoms with E-state index in [9.17, 15) is 8.78 Å². The van der Waals surface area contributed by atoms with Gasteiger partial charge in [-0.25, -0.2) is 8.78 Å². The molecule has 0 saturated carbocycles. The first-order chi connectivity index (χ1) is 7.56. The molecule has 0 fully saturated rings. The molecular weight excluding hydrogens is 217 g/mol. The van der Waals surface area contributed by atoms with Crippen LogP contribution in [0.2, 0.25) is 0 Å². The lowest BCUT2D eigenvalue weighted by atomic mass is 9.80. The third kappa shape index (κ3) is 3.18. The van der Waals surface area contributed by atoms with E-state index in [2.05, 4.69) is 0 Å². The fourth-order valence-corrected chi connectivity index (χ4v) is 1.18. The van der Waals surface area contributed by atoms with E-state index in [0.29, 0.717) is 12.7 Å². The summed E-state index contributed by atoms with van der Waals surface area (Å²) >= 11 is 0. The van der Waals surface area contributed by atoms with Crippen molar-refractivity contribution in [2.24, 2.45) is 0 Å². The molecule has 0 aliphatic rings. The van der Waals surface area contributed by atoms with Gasteiger partial charge in [-0.3, -0.25) is 0 Å². The summed E-state index contributed by atoms with van der Waals surface area (Å²) in [7, 11) is -1.98. The Morgan fingerprint density at radius 1 is 1.25 bits per heavy atom. The number of benzene rings is 1. The number of hydrogen-bond donors (Lipinski definition) is 2. The predicted molar refractivity (Wildman–Crippen MR) is 56.6 cm³/mol. The highest BCUT2D eigenvalue weighted by Gasteiger charge is 2.20. The number of ether oxygens (including phenoxy) is 1. The number of rotatable bonds is 5. The second kappa shape index (κ2) is 5.82. The highest BCUT2D eigenvalue weighted by Crippen LogP contribution is 2.17. The van der Waals surface area contributed by atoms with Gasteiger partial charge >= 0.3 is 7.12 Å². The van der Waals surface area contributed by atoms with Gasteiger partial charge in [0.15, 0.2) is 11.6 Å². The second-order valence-electron chi connectivity index (χ2n) is 3.38. The summed E-state index contributed by atoms with van der Waals surface area (Å²) in [6.07, 6.45) is 1.63. The van der Waals surface area contributed by atoms with E-state index in [4.69, 9.17) is 14.8 Å². The molecule has 0 aliphatic carbocycles. The monoisotopic (exact) mass is 230 g/mol. The molecule has 0 unspecified atom stereocenters. The minimum absolute atomic E-state index is 0.169. The van der Waals surface area contributed by atoms with Crippen LogP contribution in [-0.4, -0.2) is 23.8 Å². The van der Waals surface area contributed by atoms with Crippen LogP contribution in [-0.2, 0) is 0 Å². The Kier molecular flexibility index (Phi) is 4.70. The van der Waals surface area contributed by atoms with Crippen molar-refractivity contribution in [1.82, 2.24) is 0 Å². The molecule has 1 rings (SSSR count). The number of unbranched alkanes of at least 4 members (excludes halogenated alkanes) is 1. The molecule has 0 aromatic heterocycles. The van der Waals surface area contributed by atoms with Gasteiger partial charge in [0, 0.05) is 11.5 Å². The summed E-state index contributed by atoms with van der Waals surface area (Å²) in [6.45, 7) is 2.26. The smallest absolute Gasteiger partial charge is 0.491 e. The minimum atomic E-state index is -1.98. The third-order valence-electron chi connectivity index (χ3n) is 2.08. The van der Waals surface area contributed by atoms with Gasteiger partial charge in [0.1, 0.15) is 5.82 Å². The molecule has 1 aromatic rings. The van der Waals surface area contributed by atoms with Crippen LogP contribution in [0.3, 0.4) is 0 Å². The average molecular weight is 230 g/mol. The average Bonchev–Trinajstić information content (AvgIpc) is 2.21. The Balaban J connectivity index is 2.87. The first-order valence-corrected chi connectivity index (χ1v) is 5.04. The molecule has 0 heterocycles. The molecule has 0 bridgehead atoms. The van der Waals surface area contributed by atoms with Gasteiger partial charge in [0.25, 0.3) is 0 Å². The van der Waals surface area contributed by atoms with E-state index in [1.807, 2.05) is 6.92 Å². The molecular formula is C10H13BF2O3. The molecule has 1 aromatic carbocycles. The standard InChI is InChI=1S/C10H13BF2O3/c1-2-3-4-16-10-5-7(11(14)15)8(12)6-9(10)13/h5-6,14-15H,2-4H2,1H3. The van der Waals surface area contributed by atoms with E-state index < -0.39 is 24.2 Å². The van der Waals surface area contributed by atoms with E-state index >= 15 is 0 Å². The molecule has 0 amide bonds. The van der Waals surface area contributed by atoms with Gasteiger partial charge in [-0.2, -0.15) is 0 Å². The molecule has 0 atom stereocenters. The van der Waals surface area contributed by atoms with Crippen molar-refractivity contribution in [2.45, 2.75) is 19.8 Å². The van der Waals surface area contributed by atoms with Crippen LogP contribution < -0.4 is 10.2 Å². The minimum Gasteiger partial charge on any atom is -0.491 e. The Morgan fingerprint density at radius 3 is 2.50 bits per heavy atom. The third-order valence-corrected chi connectivity index (χ3v) is 2.08. The molecule has 16 heavy (non-hydrogen) atoms. The van der Waals surface area contributed by atoms with Gasteiger partial charge in [0.05, 0.1) is 6.61 Å². The summed E-state index contributed by atoms with van der Waals surface area (Å²) in [4.78, 5) is 0. The Hall–Kier alpha value is -1.14. The Bertz CT molecular complexity index is 358. The highest BCUT2D eigenvalue weighted by atomic mass is 19.1. The van der Waals surface area contributed by atoms with Crippen LogP contribution in [0.25, 0.3) is 0 Å². The number of hydrogen-bond acceptors (Lipinski definition) is 3. The SMILES string of the molecule is CCCCOc1cc(B(O)O)c(F)cc1F. The topological polar surface area (TPSA) is 49.7 Å². The van der Waals surface area contributed by atoms with E-state index in [-0.39, 0.29) is 5.75 Å². The summed E-state index contributed by atoms with van der Waals surface area (Å²) in [5, 5.41) is 17.7. The molecule has 6 heteroatoms. The largest absolute Gasteiger partial charge is 0.491 e. The van der Waals surface area contributed by atoms with Crippen molar-refractivity contribution >= 4 is 12.6 Å². The molecule has 3 nitrogen and oxygen atoms in total. The van der Waals surface area contributed by atoms with Gasteiger partial charge in [0.2, 0.25) is 0 Å². The van der Waals surface area contributed by atoms with Crippen molar-refractivity contribution in [1.29, 1.82) is 0 Å². The summed E-state index contributed by atoms with van der Waals surface area (Å²) in [5.74, 6) is -2.02. The first kappa shape index (κ1) is 12.9. The van der Waals surface area contributed by atoms with Crippen molar-refractivity contribution in [2.75, 3.05) is 6.61 Å². The van der Waals surface area contributed by atoms with Crippen LogP contribution in [0, 0.1) is 11.6 Å². The van der Waals surface area contributed by atoms with Gasteiger partial charge in [-0.1, -0.05) is 13.3 Å². The molecule has 0 aliphatic heterocycles. The summed E-state index contributed by atoms with van der Waals surface area (Å²) in [6, 6.07) is 1.54. The fourth-order valence-electron chi connectivity index (χ4n) is 1.18. The maximum Gasteiger partial charge on any atom is 0.491 e. The molecule has 2 N–H and O–H groups in total. The van der Waals surface area contributed by atoms with Crippen molar-refractivity contribution in [3.05, 3.63) is 23.8 Å². The van der Waals surface area contributed by atoms with E-state index in [1.165, 1.54) is 0 Å². The maximum absolute atomic E-state index is 13.2. The lowest BCUT2D eigenvalue weighted by molar-refractivity contribution is 0.293. The highest BCUT2D eigenvalue weighted by molar-refractivity contribution is 6.58. The predicted octanol–water partition coefficient (Wildman–Crippen LogP) is 0.823.